The topological polar surface area (TPSA) is 171 Å². The summed E-state index contributed by atoms with van der Waals surface area (Å²) in [6.07, 6.45) is -0.668. The highest BCUT2D eigenvalue weighted by Crippen LogP contribution is 1.94. The SMILES string of the molecule is CC(=O)N[C@H](C(=O)NCCCC(=O)NC[C@H](N)C(=O)O)[C@@H](C)O. The molecule has 0 saturated heterocycles. The normalized spacial score (nSPS) is 14.3. The molecule has 0 aliphatic heterocycles. The molecule has 0 spiro atoms. The number of aliphatic hydroxyl groups is 1. The number of rotatable bonds is 10. The second kappa shape index (κ2) is 10.5. The molecule has 0 rings (SSSR count). The summed E-state index contributed by atoms with van der Waals surface area (Å²) in [5.41, 5.74) is 5.23. The fourth-order valence-corrected chi connectivity index (χ4v) is 1.59. The molecule has 0 radical (unpaired) electrons. The van der Waals surface area contributed by atoms with Crippen molar-refractivity contribution in [3.05, 3.63) is 0 Å². The summed E-state index contributed by atoms with van der Waals surface area (Å²) in [5.74, 6) is -2.59. The number of hydrogen-bond acceptors (Lipinski definition) is 6. The molecule has 10 heteroatoms. The molecular formula is C13H24N4O6. The summed E-state index contributed by atoms with van der Waals surface area (Å²) in [5, 5.41) is 25.2. The maximum Gasteiger partial charge on any atom is 0.322 e. The van der Waals surface area contributed by atoms with Crippen molar-refractivity contribution in [2.24, 2.45) is 5.73 Å². The highest BCUT2D eigenvalue weighted by molar-refractivity contribution is 5.87. The van der Waals surface area contributed by atoms with Gasteiger partial charge in [0.25, 0.3) is 0 Å². The van der Waals surface area contributed by atoms with E-state index in [1.165, 1.54) is 13.8 Å². The third-order valence-electron chi connectivity index (χ3n) is 2.84. The molecule has 23 heavy (non-hydrogen) atoms. The maximum atomic E-state index is 11.8. The third-order valence-corrected chi connectivity index (χ3v) is 2.84. The van der Waals surface area contributed by atoms with E-state index in [2.05, 4.69) is 16.0 Å². The van der Waals surface area contributed by atoms with Gasteiger partial charge in [0.2, 0.25) is 17.7 Å². The van der Waals surface area contributed by atoms with Crippen molar-refractivity contribution in [3.8, 4) is 0 Å². The molecule has 0 aromatic rings. The number of carboxylic acid groups (broad SMARTS) is 1. The number of amides is 3. The van der Waals surface area contributed by atoms with Crippen molar-refractivity contribution >= 4 is 23.7 Å². The molecule has 0 unspecified atom stereocenters. The van der Waals surface area contributed by atoms with E-state index in [-0.39, 0.29) is 25.4 Å². The van der Waals surface area contributed by atoms with Gasteiger partial charge in [-0.3, -0.25) is 19.2 Å². The van der Waals surface area contributed by atoms with Crippen LogP contribution >= 0.6 is 0 Å². The van der Waals surface area contributed by atoms with Crippen LogP contribution in [0.25, 0.3) is 0 Å². The van der Waals surface area contributed by atoms with Crippen molar-refractivity contribution in [1.82, 2.24) is 16.0 Å². The zero-order valence-corrected chi connectivity index (χ0v) is 13.2. The first-order valence-corrected chi connectivity index (χ1v) is 7.13. The fourth-order valence-electron chi connectivity index (χ4n) is 1.59. The standard InChI is InChI=1S/C13H24N4O6/c1-7(18)11(17-8(2)19)12(21)15-5-3-4-10(20)16-6-9(14)13(22)23/h7,9,11,18H,3-6,14H2,1-2H3,(H,15,21)(H,16,20)(H,17,19)(H,22,23)/t7-,9+,11+/m1/s1. The van der Waals surface area contributed by atoms with Gasteiger partial charge in [-0.25, -0.2) is 0 Å². The average molecular weight is 332 g/mol. The minimum absolute atomic E-state index is 0.0755. The minimum Gasteiger partial charge on any atom is -0.480 e. The molecule has 3 atom stereocenters. The predicted molar refractivity (Wildman–Crippen MR) is 80.2 cm³/mol. The number of aliphatic hydroxyl groups excluding tert-OH is 1. The Hall–Kier alpha value is -2.20. The van der Waals surface area contributed by atoms with Gasteiger partial charge in [-0.2, -0.15) is 0 Å². The molecule has 0 aromatic carbocycles. The number of nitrogens with one attached hydrogen (secondary N) is 3. The molecule has 0 aliphatic rings. The van der Waals surface area contributed by atoms with Gasteiger partial charge >= 0.3 is 5.97 Å². The van der Waals surface area contributed by atoms with Crippen LogP contribution in [0.3, 0.4) is 0 Å². The zero-order chi connectivity index (χ0) is 18.0. The number of aliphatic carboxylic acids is 1. The van der Waals surface area contributed by atoms with Crippen LogP contribution in [0.2, 0.25) is 0 Å². The van der Waals surface area contributed by atoms with E-state index in [9.17, 15) is 24.3 Å². The molecule has 0 heterocycles. The average Bonchev–Trinajstić information content (AvgIpc) is 2.45. The molecule has 3 amide bonds. The summed E-state index contributed by atoms with van der Waals surface area (Å²) in [4.78, 5) is 44.6. The Morgan fingerprint density at radius 2 is 1.78 bits per heavy atom. The van der Waals surface area contributed by atoms with Gasteiger partial charge in [0, 0.05) is 26.4 Å². The van der Waals surface area contributed by atoms with Gasteiger partial charge in [-0.1, -0.05) is 0 Å². The molecule has 0 saturated carbocycles. The van der Waals surface area contributed by atoms with Crippen LogP contribution in [-0.4, -0.2) is 65.2 Å². The van der Waals surface area contributed by atoms with Gasteiger partial charge in [0.15, 0.2) is 0 Å². The van der Waals surface area contributed by atoms with E-state index in [0.29, 0.717) is 6.42 Å². The highest BCUT2D eigenvalue weighted by atomic mass is 16.4. The maximum absolute atomic E-state index is 11.8. The Labute approximate surface area is 133 Å². The summed E-state index contributed by atoms with van der Waals surface area (Å²) in [6, 6.07) is -2.22. The van der Waals surface area contributed by atoms with Crippen LogP contribution in [0.1, 0.15) is 26.7 Å². The Bertz CT molecular complexity index is 440. The van der Waals surface area contributed by atoms with E-state index in [1.54, 1.807) is 0 Å². The minimum atomic E-state index is -1.21. The van der Waals surface area contributed by atoms with Crippen molar-refractivity contribution in [1.29, 1.82) is 0 Å². The lowest BCUT2D eigenvalue weighted by atomic mass is 10.1. The lowest BCUT2D eigenvalue weighted by Gasteiger charge is -2.19. The first-order chi connectivity index (χ1) is 10.6. The lowest BCUT2D eigenvalue weighted by molar-refractivity contribution is -0.138. The fraction of sp³-hybridized carbons (Fsp3) is 0.692. The van der Waals surface area contributed by atoms with Crippen molar-refractivity contribution < 1.29 is 29.4 Å². The molecule has 0 fully saturated rings. The first-order valence-electron chi connectivity index (χ1n) is 7.13. The number of nitrogens with two attached hydrogens (primary N) is 1. The zero-order valence-electron chi connectivity index (χ0n) is 13.2. The molecule has 10 nitrogen and oxygen atoms in total. The van der Waals surface area contributed by atoms with E-state index in [1.807, 2.05) is 0 Å². The van der Waals surface area contributed by atoms with E-state index >= 15 is 0 Å². The second-order valence-electron chi connectivity index (χ2n) is 5.06. The van der Waals surface area contributed by atoms with E-state index < -0.39 is 36.0 Å². The molecule has 0 aliphatic carbocycles. The Kier molecular flexibility index (Phi) is 9.51. The first kappa shape index (κ1) is 20.8. The predicted octanol–water partition coefficient (Wildman–Crippen LogP) is -2.70. The number of carbonyl (C=O) groups is 4. The summed E-state index contributed by atoms with van der Waals surface area (Å²) in [6.45, 7) is 2.60. The van der Waals surface area contributed by atoms with Gasteiger partial charge in [0.1, 0.15) is 12.1 Å². The van der Waals surface area contributed by atoms with Gasteiger partial charge in [0.05, 0.1) is 6.10 Å². The highest BCUT2D eigenvalue weighted by Gasteiger charge is 2.23. The van der Waals surface area contributed by atoms with Crippen LogP contribution in [0.15, 0.2) is 0 Å². The molecule has 0 aromatic heterocycles. The Morgan fingerprint density at radius 1 is 1.17 bits per heavy atom. The summed E-state index contributed by atoms with van der Waals surface area (Å²) < 4.78 is 0. The Morgan fingerprint density at radius 3 is 2.26 bits per heavy atom. The van der Waals surface area contributed by atoms with Crippen LogP contribution in [0.5, 0.6) is 0 Å². The van der Waals surface area contributed by atoms with Crippen LogP contribution in [0, 0.1) is 0 Å². The number of carbonyl (C=O) groups excluding carboxylic acids is 3. The molecule has 132 valence electrons. The largest absolute Gasteiger partial charge is 0.480 e. The molecular weight excluding hydrogens is 308 g/mol. The summed E-state index contributed by atoms with van der Waals surface area (Å²) >= 11 is 0. The van der Waals surface area contributed by atoms with Crippen molar-refractivity contribution in [3.63, 3.8) is 0 Å². The van der Waals surface area contributed by atoms with Crippen molar-refractivity contribution in [2.75, 3.05) is 13.1 Å². The van der Waals surface area contributed by atoms with Crippen LogP contribution < -0.4 is 21.7 Å². The molecule has 0 bridgehead atoms. The van der Waals surface area contributed by atoms with Gasteiger partial charge in [-0.15, -0.1) is 0 Å². The monoisotopic (exact) mass is 332 g/mol. The van der Waals surface area contributed by atoms with Crippen LogP contribution in [-0.2, 0) is 19.2 Å². The smallest absolute Gasteiger partial charge is 0.322 e. The second-order valence-corrected chi connectivity index (χ2v) is 5.06. The van der Waals surface area contributed by atoms with Gasteiger partial charge in [-0.05, 0) is 13.3 Å². The van der Waals surface area contributed by atoms with Crippen molar-refractivity contribution in [2.45, 2.75) is 44.9 Å². The summed E-state index contributed by atoms with van der Waals surface area (Å²) in [7, 11) is 0. The number of carboxylic acids is 1. The van der Waals surface area contributed by atoms with E-state index in [4.69, 9.17) is 10.8 Å². The number of hydrogen-bond donors (Lipinski definition) is 6. The quantitative estimate of drug-likeness (QED) is 0.236. The van der Waals surface area contributed by atoms with Crippen LogP contribution in [0.4, 0.5) is 0 Å². The van der Waals surface area contributed by atoms with E-state index in [0.717, 1.165) is 0 Å². The third kappa shape index (κ3) is 9.42. The molecule has 7 N–H and O–H groups in total. The lowest BCUT2D eigenvalue weighted by Crippen LogP contribution is -2.52. The van der Waals surface area contributed by atoms with Gasteiger partial charge < -0.3 is 31.9 Å². The Balaban J connectivity index is 4.01.